The molecule has 0 radical (unpaired) electrons. The third-order valence-electron chi connectivity index (χ3n) is 3.28. The molecule has 1 aromatic rings. The molecule has 104 valence electrons. The Kier molecular flexibility index (Phi) is 4.39. The molecule has 1 saturated heterocycles. The van der Waals surface area contributed by atoms with E-state index < -0.39 is 0 Å². The van der Waals surface area contributed by atoms with E-state index in [1.165, 1.54) is 0 Å². The van der Waals surface area contributed by atoms with Gasteiger partial charge < -0.3 is 20.1 Å². The number of amides is 1. The molecule has 0 saturated carbocycles. The Morgan fingerprint density at radius 1 is 1.53 bits per heavy atom. The highest BCUT2D eigenvalue weighted by Gasteiger charge is 2.26. The first-order valence-electron chi connectivity index (χ1n) is 6.37. The molecule has 2 rings (SSSR count). The van der Waals surface area contributed by atoms with Crippen molar-refractivity contribution < 1.29 is 14.3 Å². The lowest BCUT2D eigenvalue weighted by Gasteiger charge is -2.32. The molecule has 1 fully saturated rings. The Morgan fingerprint density at radius 3 is 3.00 bits per heavy atom. The summed E-state index contributed by atoms with van der Waals surface area (Å²) < 4.78 is 10.7. The second-order valence-corrected chi connectivity index (χ2v) is 4.76. The van der Waals surface area contributed by atoms with Crippen molar-refractivity contribution in [2.24, 2.45) is 5.73 Å². The van der Waals surface area contributed by atoms with Gasteiger partial charge in [0.1, 0.15) is 12.4 Å². The highest BCUT2D eigenvalue weighted by Crippen LogP contribution is 2.22. The lowest BCUT2D eigenvalue weighted by atomic mass is 10.1. The number of methoxy groups -OCH3 is 1. The number of nitrogens with zero attached hydrogens (tertiary/aromatic N) is 1. The fraction of sp³-hybridized carbons (Fsp3) is 0.500. The van der Waals surface area contributed by atoms with E-state index in [2.05, 4.69) is 0 Å². The molecule has 0 spiro atoms. The van der Waals surface area contributed by atoms with Crippen LogP contribution in [0, 0.1) is 6.92 Å². The van der Waals surface area contributed by atoms with Crippen LogP contribution in [0.5, 0.6) is 5.75 Å². The Hall–Kier alpha value is -1.59. The first-order chi connectivity index (χ1) is 9.13. The number of morpholine rings is 1. The number of carbonyl (C=O) groups excluding carboxylic acids is 1. The van der Waals surface area contributed by atoms with Crippen LogP contribution in [0.15, 0.2) is 18.2 Å². The van der Waals surface area contributed by atoms with Gasteiger partial charge in [0.25, 0.3) is 0 Å². The maximum Gasteiger partial charge on any atom is 0.248 e. The zero-order valence-electron chi connectivity index (χ0n) is 11.4. The summed E-state index contributed by atoms with van der Waals surface area (Å²) in [6, 6.07) is 5.96. The number of rotatable bonds is 4. The van der Waals surface area contributed by atoms with E-state index in [9.17, 15) is 4.79 Å². The number of hydrogen-bond donors (Lipinski definition) is 1. The average molecular weight is 264 g/mol. The summed E-state index contributed by atoms with van der Waals surface area (Å²) in [4.78, 5) is 13.6. The van der Waals surface area contributed by atoms with E-state index in [0.717, 1.165) is 16.9 Å². The van der Waals surface area contributed by atoms with Gasteiger partial charge in [-0.05, 0) is 13.0 Å². The standard InChI is InChI=1S/C14H20N2O3/c1-10-3-4-13(18-2)11(5-10)7-16-8-12(6-15)19-9-14(16)17/h3-5,12H,6-9,15H2,1-2H3. The van der Waals surface area contributed by atoms with Crippen molar-refractivity contribution in [2.75, 3.05) is 26.8 Å². The molecule has 0 aliphatic carbocycles. The molecular weight excluding hydrogens is 244 g/mol. The highest BCUT2D eigenvalue weighted by atomic mass is 16.5. The van der Waals surface area contributed by atoms with Gasteiger partial charge >= 0.3 is 0 Å². The first-order valence-corrected chi connectivity index (χ1v) is 6.37. The van der Waals surface area contributed by atoms with Crippen LogP contribution >= 0.6 is 0 Å². The average Bonchev–Trinajstić information content (AvgIpc) is 2.41. The van der Waals surface area contributed by atoms with E-state index in [1.54, 1.807) is 12.0 Å². The molecule has 1 aliphatic heterocycles. The Balaban J connectivity index is 2.15. The van der Waals surface area contributed by atoms with Gasteiger partial charge in [-0.25, -0.2) is 0 Å². The molecule has 0 bridgehead atoms. The number of hydrogen-bond acceptors (Lipinski definition) is 4. The maximum absolute atomic E-state index is 11.9. The zero-order valence-corrected chi connectivity index (χ0v) is 11.4. The predicted molar refractivity (Wildman–Crippen MR) is 71.9 cm³/mol. The molecule has 1 amide bonds. The molecular formula is C14H20N2O3. The minimum absolute atomic E-state index is 0.00624. The van der Waals surface area contributed by atoms with Crippen LogP contribution in [0.3, 0.4) is 0 Å². The fourth-order valence-electron chi connectivity index (χ4n) is 2.21. The van der Waals surface area contributed by atoms with E-state index in [4.69, 9.17) is 15.2 Å². The normalized spacial score (nSPS) is 19.6. The van der Waals surface area contributed by atoms with Gasteiger partial charge in [0.15, 0.2) is 0 Å². The zero-order chi connectivity index (χ0) is 13.8. The first kappa shape index (κ1) is 13.8. The van der Waals surface area contributed by atoms with Gasteiger partial charge in [0, 0.05) is 25.2 Å². The minimum atomic E-state index is -0.0755. The number of carbonyl (C=O) groups is 1. The van der Waals surface area contributed by atoms with Gasteiger partial charge in [-0.2, -0.15) is 0 Å². The summed E-state index contributed by atoms with van der Waals surface area (Å²) in [5, 5.41) is 0. The van der Waals surface area contributed by atoms with Crippen molar-refractivity contribution in [1.82, 2.24) is 4.90 Å². The molecule has 1 atom stereocenters. The fourth-order valence-corrected chi connectivity index (χ4v) is 2.21. The molecule has 1 aromatic carbocycles. The molecule has 1 aliphatic rings. The molecule has 1 unspecified atom stereocenters. The summed E-state index contributed by atoms with van der Waals surface area (Å²) in [7, 11) is 1.64. The third kappa shape index (κ3) is 3.24. The van der Waals surface area contributed by atoms with Crippen LogP contribution < -0.4 is 10.5 Å². The van der Waals surface area contributed by atoms with Crippen LogP contribution in [0.2, 0.25) is 0 Å². The number of ether oxygens (including phenoxy) is 2. The second-order valence-electron chi connectivity index (χ2n) is 4.76. The lowest BCUT2D eigenvalue weighted by molar-refractivity contribution is -0.149. The Labute approximate surface area is 113 Å². The topological polar surface area (TPSA) is 64.8 Å². The monoisotopic (exact) mass is 264 g/mol. The quantitative estimate of drug-likeness (QED) is 0.869. The lowest BCUT2D eigenvalue weighted by Crippen LogP contribution is -2.48. The number of nitrogens with two attached hydrogens (primary N) is 1. The van der Waals surface area contributed by atoms with Gasteiger partial charge in [0.05, 0.1) is 13.2 Å². The van der Waals surface area contributed by atoms with Crippen molar-refractivity contribution >= 4 is 5.91 Å². The molecule has 5 nitrogen and oxygen atoms in total. The maximum atomic E-state index is 11.9. The molecule has 1 heterocycles. The molecule has 0 aromatic heterocycles. The Morgan fingerprint density at radius 2 is 2.32 bits per heavy atom. The van der Waals surface area contributed by atoms with E-state index in [1.807, 2.05) is 25.1 Å². The SMILES string of the molecule is COc1ccc(C)cc1CN1CC(CN)OCC1=O. The van der Waals surface area contributed by atoms with Gasteiger partial charge in [-0.15, -0.1) is 0 Å². The highest BCUT2D eigenvalue weighted by molar-refractivity contribution is 5.78. The predicted octanol–water partition coefficient (Wildman–Crippen LogP) is 0.690. The van der Waals surface area contributed by atoms with Crippen molar-refractivity contribution in [3.8, 4) is 5.75 Å². The van der Waals surface area contributed by atoms with Crippen LogP contribution in [0.1, 0.15) is 11.1 Å². The largest absolute Gasteiger partial charge is 0.496 e. The Bertz CT molecular complexity index is 462. The van der Waals surface area contributed by atoms with Crippen molar-refractivity contribution in [3.63, 3.8) is 0 Å². The van der Waals surface area contributed by atoms with E-state index in [-0.39, 0.29) is 18.6 Å². The summed E-state index contributed by atoms with van der Waals surface area (Å²) in [5.74, 6) is 0.794. The van der Waals surface area contributed by atoms with E-state index >= 15 is 0 Å². The van der Waals surface area contributed by atoms with Crippen LogP contribution in [-0.2, 0) is 16.1 Å². The summed E-state index contributed by atoms with van der Waals surface area (Å²) in [5.41, 5.74) is 7.75. The van der Waals surface area contributed by atoms with Crippen molar-refractivity contribution in [2.45, 2.75) is 19.6 Å². The molecule has 19 heavy (non-hydrogen) atoms. The van der Waals surface area contributed by atoms with Gasteiger partial charge in [-0.1, -0.05) is 17.7 Å². The molecule has 5 heteroatoms. The summed E-state index contributed by atoms with van der Waals surface area (Å²) in [6.45, 7) is 3.62. The molecule has 2 N–H and O–H groups in total. The summed E-state index contributed by atoms with van der Waals surface area (Å²) in [6.07, 6.45) is -0.0755. The van der Waals surface area contributed by atoms with Crippen LogP contribution in [0.25, 0.3) is 0 Å². The minimum Gasteiger partial charge on any atom is -0.496 e. The second kappa shape index (κ2) is 6.04. The van der Waals surface area contributed by atoms with Crippen LogP contribution in [-0.4, -0.2) is 43.7 Å². The van der Waals surface area contributed by atoms with E-state index in [0.29, 0.717) is 19.6 Å². The van der Waals surface area contributed by atoms with Gasteiger partial charge in [0.2, 0.25) is 5.91 Å². The van der Waals surface area contributed by atoms with Crippen molar-refractivity contribution in [3.05, 3.63) is 29.3 Å². The van der Waals surface area contributed by atoms with Crippen LogP contribution in [0.4, 0.5) is 0 Å². The number of aryl methyl sites for hydroxylation is 1. The van der Waals surface area contributed by atoms with Crippen molar-refractivity contribution in [1.29, 1.82) is 0 Å². The summed E-state index contributed by atoms with van der Waals surface area (Å²) >= 11 is 0. The van der Waals surface area contributed by atoms with Gasteiger partial charge in [-0.3, -0.25) is 4.79 Å². The third-order valence-corrected chi connectivity index (χ3v) is 3.28. The smallest absolute Gasteiger partial charge is 0.248 e. The number of benzene rings is 1.